The van der Waals surface area contributed by atoms with Crippen LogP contribution in [0, 0.1) is 0 Å². The van der Waals surface area contributed by atoms with Crippen LogP contribution in [0.5, 0.6) is 11.5 Å². The smallest absolute Gasteiger partial charge is 0.163 e. The number of aromatic nitrogens is 2. The fourth-order valence-electron chi connectivity index (χ4n) is 4.79. The second-order valence-electron chi connectivity index (χ2n) is 9.61. The molecule has 1 N–H and O–H groups in total. The molecule has 0 unspecified atom stereocenters. The van der Waals surface area contributed by atoms with E-state index in [1.54, 1.807) is 6.20 Å². The Morgan fingerprint density at radius 3 is 2.47 bits per heavy atom. The molecule has 36 heavy (non-hydrogen) atoms. The van der Waals surface area contributed by atoms with Crippen molar-refractivity contribution in [3.05, 3.63) is 113 Å². The summed E-state index contributed by atoms with van der Waals surface area (Å²) in [5, 5.41) is 0. The Kier molecular flexibility index (Phi) is 7.17. The van der Waals surface area contributed by atoms with Crippen LogP contribution in [-0.2, 0) is 19.4 Å². The molecule has 4 aromatic rings. The predicted molar refractivity (Wildman–Crippen MR) is 141 cm³/mol. The van der Waals surface area contributed by atoms with Gasteiger partial charge in [0.1, 0.15) is 30.0 Å². The van der Waals surface area contributed by atoms with Crippen LogP contribution in [0.3, 0.4) is 0 Å². The van der Waals surface area contributed by atoms with Gasteiger partial charge in [0, 0.05) is 36.4 Å². The van der Waals surface area contributed by atoms with E-state index in [1.165, 1.54) is 5.56 Å². The van der Waals surface area contributed by atoms with E-state index < -0.39 is 0 Å². The maximum Gasteiger partial charge on any atom is 0.163 e. The number of hydrogen-bond donors (Lipinski definition) is 1. The number of rotatable bonds is 9. The number of aromatic amines is 1. The molecule has 0 saturated carbocycles. The van der Waals surface area contributed by atoms with Gasteiger partial charge in [0.25, 0.3) is 0 Å². The molecular weight excluding hydrogens is 448 g/mol. The van der Waals surface area contributed by atoms with Gasteiger partial charge in [0.2, 0.25) is 0 Å². The zero-order valence-corrected chi connectivity index (χ0v) is 20.9. The highest BCUT2D eigenvalue weighted by molar-refractivity contribution is 5.99. The number of imidazole rings is 1. The summed E-state index contributed by atoms with van der Waals surface area (Å²) in [5.74, 6) is 3.08. The summed E-state index contributed by atoms with van der Waals surface area (Å²) < 4.78 is 12.9. The van der Waals surface area contributed by atoms with Gasteiger partial charge in [-0.15, -0.1) is 0 Å². The quantitative estimate of drug-likeness (QED) is 0.280. The molecule has 0 radical (unpaired) electrons. The van der Waals surface area contributed by atoms with Crippen LogP contribution in [0.15, 0.2) is 79.1 Å². The Labute approximate surface area is 212 Å². The molecule has 1 heterocycles. The van der Waals surface area contributed by atoms with Crippen LogP contribution in [0.25, 0.3) is 0 Å². The molecule has 0 amide bonds. The lowest BCUT2D eigenvalue weighted by atomic mass is 9.87. The number of carbonyl (C=O) groups excluding carboxylic acids is 1. The normalized spacial score (nSPS) is 13.9. The second-order valence-corrected chi connectivity index (χ2v) is 9.61. The number of H-pyrrole nitrogens is 1. The van der Waals surface area contributed by atoms with Crippen molar-refractivity contribution in [3.8, 4) is 11.5 Å². The molecule has 0 spiro atoms. The minimum absolute atomic E-state index is 0.195. The Bertz CT molecular complexity index is 1300. The summed E-state index contributed by atoms with van der Waals surface area (Å²) >= 11 is 0. The number of ketones is 1. The van der Waals surface area contributed by atoms with E-state index in [2.05, 4.69) is 48.1 Å². The monoisotopic (exact) mass is 480 g/mol. The number of ether oxygens (including phenoxy) is 2. The maximum atomic E-state index is 12.7. The van der Waals surface area contributed by atoms with Gasteiger partial charge < -0.3 is 14.5 Å². The van der Waals surface area contributed by atoms with E-state index >= 15 is 0 Å². The zero-order chi connectivity index (χ0) is 24.9. The first-order valence-electron chi connectivity index (χ1n) is 12.7. The summed E-state index contributed by atoms with van der Waals surface area (Å²) in [4.78, 5) is 20.3. The van der Waals surface area contributed by atoms with Crippen LogP contribution in [0.2, 0.25) is 0 Å². The highest BCUT2D eigenvalue weighted by atomic mass is 16.5. The fourth-order valence-corrected chi connectivity index (χ4v) is 4.79. The lowest BCUT2D eigenvalue weighted by Crippen LogP contribution is -2.18. The molecule has 5 heteroatoms. The molecule has 0 aliphatic heterocycles. The molecule has 0 fully saturated rings. The summed E-state index contributed by atoms with van der Waals surface area (Å²) in [5.41, 5.74) is 5.14. The van der Waals surface area contributed by atoms with Crippen LogP contribution in [-0.4, -0.2) is 15.8 Å². The van der Waals surface area contributed by atoms with E-state index in [-0.39, 0.29) is 11.9 Å². The topological polar surface area (TPSA) is 64.2 Å². The summed E-state index contributed by atoms with van der Waals surface area (Å²) in [6.07, 6.45) is 6.23. The molecular formula is C31H32N2O3. The number of carbonyl (C=O) groups is 1. The third-order valence-corrected chi connectivity index (χ3v) is 6.82. The van der Waals surface area contributed by atoms with E-state index in [9.17, 15) is 4.79 Å². The third-order valence-electron chi connectivity index (χ3n) is 6.82. The molecule has 184 valence electrons. The number of nitrogens with one attached hydrogen (secondary N) is 1. The molecule has 5 rings (SSSR count). The van der Waals surface area contributed by atoms with Crippen molar-refractivity contribution in [3.63, 3.8) is 0 Å². The second kappa shape index (κ2) is 10.8. The van der Waals surface area contributed by atoms with Crippen molar-refractivity contribution in [2.75, 3.05) is 0 Å². The van der Waals surface area contributed by atoms with Gasteiger partial charge in [0.05, 0.1) is 0 Å². The average Bonchev–Trinajstić information content (AvgIpc) is 3.42. The lowest BCUT2D eigenvalue weighted by Gasteiger charge is -2.25. The van der Waals surface area contributed by atoms with Crippen molar-refractivity contribution >= 4 is 5.78 Å². The van der Waals surface area contributed by atoms with Gasteiger partial charge in [-0.2, -0.15) is 0 Å². The number of benzene rings is 3. The van der Waals surface area contributed by atoms with Crippen molar-refractivity contribution in [2.45, 2.75) is 58.2 Å². The molecule has 1 aromatic heterocycles. The number of Topliss-reactive ketones (excluding diaryl/α,β-unsaturated/α-hetero) is 1. The number of hydrogen-bond acceptors (Lipinski definition) is 4. The first-order valence-corrected chi connectivity index (χ1v) is 12.7. The Morgan fingerprint density at radius 1 is 0.944 bits per heavy atom. The summed E-state index contributed by atoms with van der Waals surface area (Å²) in [7, 11) is 0. The van der Waals surface area contributed by atoms with E-state index in [1.807, 2.05) is 48.7 Å². The summed E-state index contributed by atoms with van der Waals surface area (Å²) in [6, 6.07) is 22.3. The fraction of sp³-hybridized carbons (Fsp3) is 0.290. The average molecular weight is 481 g/mol. The molecule has 5 nitrogen and oxygen atoms in total. The zero-order valence-electron chi connectivity index (χ0n) is 20.9. The van der Waals surface area contributed by atoms with Crippen LogP contribution < -0.4 is 9.47 Å². The largest absolute Gasteiger partial charge is 0.489 e. The maximum absolute atomic E-state index is 12.7. The van der Waals surface area contributed by atoms with Gasteiger partial charge in [-0.25, -0.2) is 4.98 Å². The van der Waals surface area contributed by atoms with Crippen molar-refractivity contribution in [1.29, 1.82) is 0 Å². The SMILES string of the molecule is CC(C)c1ccc(OCc2c(O[C@@H](Cc3ncc[nH]3)c3ccccc3)ccc3c2CCCC3=O)cc1. The van der Waals surface area contributed by atoms with Crippen molar-refractivity contribution < 1.29 is 14.3 Å². The summed E-state index contributed by atoms with van der Waals surface area (Å²) in [6.45, 7) is 4.70. The van der Waals surface area contributed by atoms with E-state index in [0.717, 1.165) is 52.4 Å². The molecule has 1 atom stereocenters. The predicted octanol–water partition coefficient (Wildman–Crippen LogP) is 6.99. The lowest BCUT2D eigenvalue weighted by molar-refractivity contribution is 0.0971. The Balaban J connectivity index is 1.47. The minimum Gasteiger partial charge on any atom is -0.489 e. The molecule has 0 saturated heterocycles. The number of fused-ring (bicyclic) bond motifs is 1. The molecule has 1 aliphatic carbocycles. The van der Waals surface area contributed by atoms with Gasteiger partial charge in [0.15, 0.2) is 5.78 Å². The van der Waals surface area contributed by atoms with Crippen molar-refractivity contribution in [1.82, 2.24) is 9.97 Å². The number of nitrogens with zero attached hydrogens (tertiary/aromatic N) is 1. The first kappa shape index (κ1) is 23.9. The van der Waals surface area contributed by atoms with Gasteiger partial charge in [-0.05, 0) is 59.7 Å². The Morgan fingerprint density at radius 2 is 1.75 bits per heavy atom. The molecule has 3 aromatic carbocycles. The minimum atomic E-state index is -0.237. The highest BCUT2D eigenvalue weighted by Gasteiger charge is 2.25. The van der Waals surface area contributed by atoms with Gasteiger partial charge in [-0.1, -0.05) is 56.3 Å². The molecule has 1 aliphatic rings. The highest BCUT2D eigenvalue weighted by Crippen LogP contribution is 2.35. The van der Waals surface area contributed by atoms with E-state index in [4.69, 9.17) is 9.47 Å². The van der Waals surface area contributed by atoms with Gasteiger partial charge >= 0.3 is 0 Å². The van der Waals surface area contributed by atoms with Crippen LogP contribution >= 0.6 is 0 Å². The third kappa shape index (κ3) is 5.35. The van der Waals surface area contributed by atoms with Gasteiger partial charge in [-0.3, -0.25) is 4.79 Å². The Hall–Kier alpha value is -3.86. The van der Waals surface area contributed by atoms with Crippen molar-refractivity contribution in [2.24, 2.45) is 0 Å². The standard InChI is InChI=1S/C31H32N2O3/c1-21(2)22-11-13-24(14-12-22)35-20-27-25-9-6-10-28(34)26(25)15-16-29(27)36-30(19-31-32-17-18-33-31)23-7-4-3-5-8-23/h3-5,7-8,11-18,21,30H,6,9-10,19-20H2,1-2H3,(H,32,33)/t30-/m0/s1. The van der Waals surface area contributed by atoms with E-state index in [0.29, 0.717) is 25.4 Å². The van der Waals surface area contributed by atoms with Crippen LogP contribution in [0.1, 0.15) is 77.1 Å². The van der Waals surface area contributed by atoms with Crippen LogP contribution in [0.4, 0.5) is 0 Å². The molecule has 0 bridgehead atoms. The first-order chi connectivity index (χ1) is 17.6.